The molecular formula is C14H24N2O. The fourth-order valence-electron chi connectivity index (χ4n) is 2.47. The number of piperidine rings is 1. The van der Waals surface area contributed by atoms with Gasteiger partial charge in [0, 0.05) is 18.5 Å². The van der Waals surface area contributed by atoms with E-state index in [-0.39, 0.29) is 0 Å². The van der Waals surface area contributed by atoms with E-state index in [1.54, 1.807) is 6.26 Å². The molecule has 0 saturated carbocycles. The Hall–Kier alpha value is -0.800. The highest BCUT2D eigenvalue weighted by molar-refractivity contribution is 4.98. The molecule has 0 radical (unpaired) electrons. The summed E-state index contributed by atoms with van der Waals surface area (Å²) in [5, 5.41) is 3.73. The second-order valence-corrected chi connectivity index (χ2v) is 5.26. The summed E-state index contributed by atoms with van der Waals surface area (Å²) in [6, 6.07) is 5.30. The van der Waals surface area contributed by atoms with Crippen LogP contribution in [0.5, 0.6) is 0 Å². The molecule has 1 aliphatic heterocycles. The standard InChI is InChI=1S/C14H24N2O/c1-12(5-6-14-4-3-11-17-14)15-13-7-9-16(2)10-8-13/h3-4,11-13,15H,5-10H2,1-2H3. The van der Waals surface area contributed by atoms with Gasteiger partial charge in [-0.3, -0.25) is 0 Å². The summed E-state index contributed by atoms with van der Waals surface area (Å²) in [5.74, 6) is 1.10. The third-order valence-electron chi connectivity index (χ3n) is 3.64. The molecule has 1 aliphatic rings. The predicted molar refractivity (Wildman–Crippen MR) is 70.1 cm³/mol. The molecule has 1 aromatic rings. The third kappa shape index (κ3) is 4.17. The van der Waals surface area contributed by atoms with Gasteiger partial charge in [-0.1, -0.05) is 0 Å². The molecule has 0 spiro atoms. The van der Waals surface area contributed by atoms with Crippen molar-refractivity contribution < 1.29 is 4.42 Å². The quantitative estimate of drug-likeness (QED) is 0.850. The molecular weight excluding hydrogens is 212 g/mol. The van der Waals surface area contributed by atoms with Crippen molar-refractivity contribution in [3.63, 3.8) is 0 Å². The Morgan fingerprint density at radius 3 is 2.88 bits per heavy atom. The van der Waals surface area contributed by atoms with Crippen LogP contribution in [0, 0.1) is 0 Å². The van der Waals surface area contributed by atoms with Gasteiger partial charge in [-0.05, 0) is 58.5 Å². The summed E-state index contributed by atoms with van der Waals surface area (Å²) in [4.78, 5) is 2.41. The van der Waals surface area contributed by atoms with Gasteiger partial charge >= 0.3 is 0 Å². The Morgan fingerprint density at radius 2 is 2.24 bits per heavy atom. The molecule has 0 aliphatic carbocycles. The molecule has 0 bridgehead atoms. The third-order valence-corrected chi connectivity index (χ3v) is 3.64. The molecule has 3 heteroatoms. The van der Waals surface area contributed by atoms with Crippen LogP contribution in [0.1, 0.15) is 31.9 Å². The molecule has 0 amide bonds. The van der Waals surface area contributed by atoms with Crippen molar-refractivity contribution in [3.8, 4) is 0 Å². The number of furan rings is 1. The lowest BCUT2D eigenvalue weighted by Crippen LogP contribution is -2.44. The van der Waals surface area contributed by atoms with Crippen LogP contribution in [0.3, 0.4) is 0 Å². The van der Waals surface area contributed by atoms with E-state index in [0.29, 0.717) is 12.1 Å². The normalized spacial score (nSPS) is 20.6. The zero-order valence-corrected chi connectivity index (χ0v) is 11.0. The van der Waals surface area contributed by atoms with Crippen molar-refractivity contribution in [2.75, 3.05) is 20.1 Å². The number of nitrogens with one attached hydrogen (secondary N) is 1. The Balaban J connectivity index is 1.65. The first-order valence-electron chi connectivity index (χ1n) is 6.71. The van der Waals surface area contributed by atoms with Crippen molar-refractivity contribution in [2.45, 2.75) is 44.7 Å². The molecule has 3 nitrogen and oxygen atoms in total. The molecule has 2 rings (SSSR count). The van der Waals surface area contributed by atoms with Gasteiger partial charge in [-0.15, -0.1) is 0 Å². The monoisotopic (exact) mass is 236 g/mol. The van der Waals surface area contributed by atoms with Gasteiger partial charge in [0.1, 0.15) is 5.76 Å². The minimum Gasteiger partial charge on any atom is -0.469 e. The van der Waals surface area contributed by atoms with Gasteiger partial charge in [0.2, 0.25) is 0 Å². The van der Waals surface area contributed by atoms with Gasteiger partial charge in [-0.2, -0.15) is 0 Å². The first kappa shape index (κ1) is 12.7. The summed E-state index contributed by atoms with van der Waals surface area (Å²) in [6.07, 6.45) is 6.50. The van der Waals surface area contributed by atoms with E-state index in [9.17, 15) is 0 Å². The number of hydrogen-bond donors (Lipinski definition) is 1. The first-order valence-corrected chi connectivity index (χ1v) is 6.71. The fraction of sp³-hybridized carbons (Fsp3) is 0.714. The van der Waals surface area contributed by atoms with Crippen LogP contribution in [-0.2, 0) is 6.42 Å². The minimum atomic E-state index is 0.577. The van der Waals surface area contributed by atoms with Gasteiger partial charge in [0.15, 0.2) is 0 Å². The molecule has 0 aromatic carbocycles. The summed E-state index contributed by atoms with van der Waals surface area (Å²) in [7, 11) is 2.20. The lowest BCUT2D eigenvalue weighted by Gasteiger charge is -2.31. The van der Waals surface area contributed by atoms with Gasteiger partial charge < -0.3 is 14.6 Å². The second-order valence-electron chi connectivity index (χ2n) is 5.26. The van der Waals surface area contributed by atoms with Gasteiger partial charge in [0.25, 0.3) is 0 Å². The van der Waals surface area contributed by atoms with Crippen LogP contribution in [0.2, 0.25) is 0 Å². The van der Waals surface area contributed by atoms with E-state index in [2.05, 4.69) is 30.3 Å². The zero-order valence-electron chi connectivity index (χ0n) is 11.0. The summed E-state index contributed by atoms with van der Waals surface area (Å²) in [6.45, 7) is 4.73. The lowest BCUT2D eigenvalue weighted by molar-refractivity contribution is 0.224. The topological polar surface area (TPSA) is 28.4 Å². The first-order chi connectivity index (χ1) is 8.24. The van der Waals surface area contributed by atoms with Gasteiger partial charge in [0.05, 0.1) is 6.26 Å². The van der Waals surface area contributed by atoms with E-state index < -0.39 is 0 Å². The molecule has 96 valence electrons. The second kappa shape index (κ2) is 6.22. The van der Waals surface area contributed by atoms with Crippen molar-refractivity contribution in [1.29, 1.82) is 0 Å². The number of hydrogen-bond acceptors (Lipinski definition) is 3. The summed E-state index contributed by atoms with van der Waals surface area (Å²) >= 11 is 0. The predicted octanol–water partition coefficient (Wildman–Crippen LogP) is 2.28. The van der Waals surface area contributed by atoms with Crippen molar-refractivity contribution in [1.82, 2.24) is 10.2 Å². The molecule has 2 heterocycles. The van der Waals surface area contributed by atoms with E-state index in [0.717, 1.165) is 18.6 Å². The van der Waals surface area contributed by atoms with Crippen molar-refractivity contribution >= 4 is 0 Å². The van der Waals surface area contributed by atoms with Crippen molar-refractivity contribution in [3.05, 3.63) is 24.2 Å². The van der Waals surface area contributed by atoms with E-state index in [4.69, 9.17) is 4.42 Å². The Morgan fingerprint density at radius 1 is 1.47 bits per heavy atom. The maximum atomic E-state index is 5.35. The smallest absolute Gasteiger partial charge is 0.103 e. The number of rotatable bonds is 5. The Kier molecular flexibility index (Phi) is 4.63. The molecule has 1 aromatic heterocycles. The maximum Gasteiger partial charge on any atom is 0.103 e. The molecule has 1 unspecified atom stereocenters. The molecule has 1 saturated heterocycles. The highest BCUT2D eigenvalue weighted by atomic mass is 16.3. The number of likely N-dealkylation sites (tertiary alicyclic amines) is 1. The van der Waals surface area contributed by atoms with Crippen LogP contribution >= 0.6 is 0 Å². The molecule has 1 N–H and O–H groups in total. The van der Waals surface area contributed by atoms with E-state index in [1.807, 2.05) is 6.07 Å². The fourth-order valence-corrected chi connectivity index (χ4v) is 2.47. The highest BCUT2D eigenvalue weighted by Crippen LogP contribution is 2.11. The lowest BCUT2D eigenvalue weighted by atomic mass is 10.0. The minimum absolute atomic E-state index is 0.577. The van der Waals surface area contributed by atoms with Crippen LogP contribution in [0.15, 0.2) is 22.8 Å². The number of aryl methyl sites for hydroxylation is 1. The molecule has 1 fully saturated rings. The Bertz CT molecular complexity index is 302. The van der Waals surface area contributed by atoms with Crippen LogP contribution in [0.4, 0.5) is 0 Å². The highest BCUT2D eigenvalue weighted by Gasteiger charge is 2.17. The van der Waals surface area contributed by atoms with Crippen LogP contribution < -0.4 is 5.32 Å². The maximum absolute atomic E-state index is 5.35. The van der Waals surface area contributed by atoms with Crippen LogP contribution in [0.25, 0.3) is 0 Å². The van der Waals surface area contributed by atoms with Crippen molar-refractivity contribution in [2.24, 2.45) is 0 Å². The Labute approximate surface area is 104 Å². The van der Waals surface area contributed by atoms with E-state index in [1.165, 1.54) is 25.9 Å². The zero-order chi connectivity index (χ0) is 12.1. The molecule has 1 atom stereocenters. The number of nitrogens with zero attached hydrogens (tertiary/aromatic N) is 1. The van der Waals surface area contributed by atoms with Crippen LogP contribution in [-0.4, -0.2) is 37.1 Å². The van der Waals surface area contributed by atoms with E-state index >= 15 is 0 Å². The SMILES string of the molecule is CC(CCc1ccco1)NC1CCN(C)CC1. The van der Waals surface area contributed by atoms with Gasteiger partial charge in [-0.25, -0.2) is 0 Å². The average Bonchev–Trinajstić information content (AvgIpc) is 2.83. The molecule has 17 heavy (non-hydrogen) atoms. The summed E-state index contributed by atoms with van der Waals surface area (Å²) < 4.78 is 5.35. The summed E-state index contributed by atoms with van der Waals surface area (Å²) in [5.41, 5.74) is 0. The average molecular weight is 236 g/mol. The largest absolute Gasteiger partial charge is 0.469 e.